The van der Waals surface area contributed by atoms with Crippen LogP contribution in [0.4, 0.5) is 0 Å². The van der Waals surface area contributed by atoms with Crippen LogP contribution in [0.15, 0.2) is 109 Å². The summed E-state index contributed by atoms with van der Waals surface area (Å²) in [5.41, 5.74) is 6.32. The lowest BCUT2D eigenvalue weighted by Gasteiger charge is -1.98. The van der Waals surface area contributed by atoms with Crippen molar-refractivity contribution in [2.24, 2.45) is 0 Å². The molecule has 0 saturated heterocycles. The molecule has 0 fully saturated rings. The van der Waals surface area contributed by atoms with Crippen molar-refractivity contribution in [1.29, 1.82) is 0 Å². The first-order valence-corrected chi connectivity index (χ1v) is 10.6. The molecular formula is C28H20N4. The Hall–Kier alpha value is -4.44. The Kier molecular flexibility index (Phi) is 4.40. The van der Waals surface area contributed by atoms with Gasteiger partial charge in [0, 0.05) is 23.5 Å². The summed E-state index contributed by atoms with van der Waals surface area (Å²) in [5, 5.41) is 0. The largest absolute Gasteiger partial charge is 0.300 e. The second kappa shape index (κ2) is 7.67. The van der Waals surface area contributed by atoms with Crippen molar-refractivity contribution in [3.05, 3.63) is 121 Å². The number of nitrogens with zero attached hydrogens (tertiary/aromatic N) is 4. The maximum absolute atomic E-state index is 4.96. The van der Waals surface area contributed by atoms with Gasteiger partial charge in [-0.05, 0) is 36.4 Å². The smallest absolute Gasteiger partial charge is 0.138 e. The van der Waals surface area contributed by atoms with Gasteiger partial charge in [-0.2, -0.15) is 0 Å². The quantitative estimate of drug-likeness (QED) is 0.332. The molecule has 0 aliphatic rings. The highest BCUT2D eigenvalue weighted by molar-refractivity contribution is 5.82. The summed E-state index contributed by atoms with van der Waals surface area (Å²) in [5.74, 6) is 1.74. The monoisotopic (exact) mass is 412 g/mol. The number of fused-ring (bicyclic) bond motifs is 2. The second-order valence-corrected chi connectivity index (χ2v) is 7.61. The van der Waals surface area contributed by atoms with Crippen LogP contribution in [0.25, 0.3) is 45.7 Å². The Bertz CT molecular complexity index is 1440. The number of aromatic nitrogens is 4. The molecule has 0 unspecified atom stereocenters. The van der Waals surface area contributed by atoms with Crippen molar-refractivity contribution in [3.8, 4) is 22.5 Å². The highest BCUT2D eigenvalue weighted by Gasteiger charge is 2.13. The number of rotatable bonds is 4. The average molecular weight is 412 g/mol. The van der Waals surface area contributed by atoms with Gasteiger partial charge in [0.1, 0.15) is 11.6 Å². The van der Waals surface area contributed by atoms with E-state index < -0.39 is 0 Å². The first-order valence-electron chi connectivity index (χ1n) is 10.6. The first-order chi connectivity index (χ1) is 15.9. The van der Waals surface area contributed by atoms with Gasteiger partial charge in [0.25, 0.3) is 0 Å². The molecule has 4 heteroatoms. The minimum Gasteiger partial charge on any atom is -0.300 e. The molecule has 0 aliphatic heterocycles. The molecule has 0 N–H and O–H groups in total. The minimum atomic E-state index is 0.869. The molecule has 4 nitrogen and oxygen atoms in total. The number of imidazole rings is 2. The molecular weight excluding hydrogens is 392 g/mol. The van der Waals surface area contributed by atoms with Crippen LogP contribution >= 0.6 is 0 Å². The minimum absolute atomic E-state index is 0.869. The van der Waals surface area contributed by atoms with Crippen LogP contribution in [0.3, 0.4) is 0 Å². The normalized spacial score (nSPS) is 11.6. The fraction of sp³-hybridized carbons (Fsp3) is 0. The fourth-order valence-electron chi connectivity index (χ4n) is 4.12. The summed E-state index contributed by atoms with van der Waals surface area (Å²) in [7, 11) is 0. The maximum atomic E-state index is 4.96. The van der Waals surface area contributed by atoms with Crippen LogP contribution in [0, 0.1) is 0 Å². The lowest BCUT2D eigenvalue weighted by Crippen LogP contribution is -1.88. The second-order valence-electron chi connectivity index (χ2n) is 7.61. The Morgan fingerprint density at radius 1 is 0.469 bits per heavy atom. The van der Waals surface area contributed by atoms with Crippen molar-refractivity contribution in [1.82, 2.24) is 18.8 Å². The summed E-state index contributed by atoms with van der Waals surface area (Å²) < 4.78 is 4.24. The zero-order valence-electron chi connectivity index (χ0n) is 17.3. The predicted octanol–water partition coefficient (Wildman–Crippen LogP) is 6.49. The SMILES string of the molecule is C(=C\c1nc(-c2ccccc2)c2ccccn12)/c1nc(-c2ccccc2)c2ccccn12. The third-order valence-corrected chi connectivity index (χ3v) is 5.63. The molecule has 0 aliphatic carbocycles. The first kappa shape index (κ1) is 18.3. The van der Waals surface area contributed by atoms with E-state index in [0.29, 0.717) is 0 Å². The molecule has 0 atom stereocenters. The van der Waals surface area contributed by atoms with Crippen LogP contribution in [0.5, 0.6) is 0 Å². The van der Waals surface area contributed by atoms with Gasteiger partial charge in [0.05, 0.1) is 22.4 Å². The molecule has 6 aromatic rings. The van der Waals surface area contributed by atoms with Crippen molar-refractivity contribution >= 4 is 23.2 Å². The van der Waals surface area contributed by atoms with E-state index in [1.807, 2.05) is 85.2 Å². The lowest BCUT2D eigenvalue weighted by atomic mass is 10.1. The van der Waals surface area contributed by atoms with Gasteiger partial charge >= 0.3 is 0 Å². The van der Waals surface area contributed by atoms with Gasteiger partial charge in [-0.3, -0.25) is 8.80 Å². The molecule has 4 heterocycles. The van der Waals surface area contributed by atoms with Gasteiger partial charge in [0.2, 0.25) is 0 Å². The number of hydrogen-bond acceptors (Lipinski definition) is 2. The van der Waals surface area contributed by atoms with Crippen molar-refractivity contribution in [2.75, 3.05) is 0 Å². The van der Waals surface area contributed by atoms with Crippen LogP contribution in [-0.4, -0.2) is 18.8 Å². The van der Waals surface area contributed by atoms with Gasteiger partial charge in [-0.25, -0.2) is 9.97 Å². The molecule has 0 spiro atoms. The third kappa shape index (κ3) is 3.10. The fourth-order valence-corrected chi connectivity index (χ4v) is 4.12. The number of hydrogen-bond donors (Lipinski definition) is 0. The van der Waals surface area contributed by atoms with Crippen LogP contribution < -0.4 is 0 Å². The van der Waals surface area contributed by atoms with E-state index in [-0.39, 0.29) is 0 Å². The van der Waals surface area contributed by atoms with E-state index in [1.165, 1.54) is 0 Å². The summed E-state index contributed by atoms with van der Waals surface area (Å²) in [6.07, 6.45) is 8.17. The number of benzene rings is 2. The van der Waals surface area contributed by atoms with Crippen molar-refractivity contribution in [2.45, 2.75) is 0 Å². The molecule has 0 bridgehead atoms. The summed E-state index contributed by atoms with van der Waals surface area (Å²) >= 11 is 0. The summed E-state index contributed by atoms with van der Waals surface area (Å²) in [6, 6.07) is 32.9. The van der Waals surface area contributed by atoms with Gasteiger partial charge in [-0.15, -0.1) is 0 Å². The Balaban J connectivity index is 1.48. The van der Waals surface area contributed by atoms with Crippen molar-refractivity contribution < 1.29 is 0 Å². The molecule has 0 radical (unpaired) electrons. The van der Waals surface area contributed by atoms with E-state index in [2.05, 4.69) is 45.2 Å². The van der Waals surface area contributed by atoms with E-state index in [4.69, 9.17) is 9.97 Å². The topological polar surface area (TPSA) is 34.6 Å². The Morgan fingerprint density at radius 3 is 1.31 bits per heavy atom. The summed E-state index contributed by atoms with van der Waals surface area (Å²) in [4.78, 5) is 9.92. The standard InChI is InChI=1S/C28H20N4/c1-3-11-21(12-4-1)27-23-15-7-9-19-31(23)25(29-27)17-18-26-30-28(22-13-5-2-6-14-22)24-16-8-10-20-32(24)26/h1-20H/b18-17+. The van der Waals surface area contributed by atoms with Crippen LogP contribution in [0.1, 0.15) is 11.6 Å². The maximum Gasteiger partial charge on any atom is 0.138 e. The van der Waals surface area contributed by atoms with Crippen LogP contribution in [-0.2, 0) is 0 Å². The van der Waals surface area contributed by atoms with Gasteiger partial charge in [0.15, 0.2) is 0 Å². The molecule has 0 amide bonds. The molecule has 6 rings (SSSR count). The van der Waals surface area contributed by atoms with E-state index in [1.54, 1.807) is 0 Å². The van der Waals surface area contributed by atoms with E-state index in [0.717, 1.165) is 45.2 Å². The van der Waals surface area contributed by atoms with Gasteiger partial charge < -0.3 is 0 Å². The zero-order chi connectivity index (χ0) is 21.3. The highest BCUT2D eigenvalue weighted by atomic mass is 15.0. The predicted molar refractivity (Wildman–Crippen MR) is 130 cm³/mol. The van der Waals surface area contributed by atoms with Crippen LogP contribution in [0.2, 0.25) is 0 Å². The number of pyridine rings is 2. The zero-order valence-corrected chi connectivity index (χ0v) is 17.3. The summed E-state index contributed by atoms with van der Waals surface area (Å²) in [6.45, 7) is 0. The molecule has 4 aromatic heterocycles. The van der Waals surface area contributed by atoms with E-state index in [9.17, 15) is 0 Å². The lowest BCUT2D eigenvalue weighted by molar-refractivity contribution is 1.11. The molecule has 0 saturated carbocycles. The average Bonchev–Trinajstić information content (AvgIpc) is 3.43. The molecule has 32 heavy (non-hydrogen) atoms. The van der Waals surface area contributed by atoms with Gasteiger partial charge in [-0.1, -0.05) is 72.8 Å². The Labute approximate surface area is 185 Å². The Morgan fingerprint density at radius 2 is 0.875 bits per heavy atom. The molecule has 152 valence electrons. The van der Waals surface area contributed by atoms with Crippen molar-refractivity contribution in [3.63, 3.8) is 0 Å². The third-order valence-electron chi connectivity index (χ3n) is 5.63. The highest BCUT2D eigenvalue weighted by Crippen LogP contribution is 2.27. The molecule has 2 aromatic carbocycles. The van der Waals surface area contributed by atoms with E-state index >= 15 is 0 Å².